The summed E-state index contributed by atoms with van der Waals surface area (Å²) in [4.78, 5) is 13.2. The average molecular weight is 974 g/mol. The first kappa shape index (κ1) is 62.8. The number of nitrogens with one attached hydrogen (secondary N) is 1. The minimum atomic E-state index is -1.78. The third kappa shape index (κ3) is 27.5. The van der Waals surface area contributed by atoms with E-state index in [0.717, 1.165) is 51.4 Å². The smallest absolute Gasteiger partial charge is 0.220 e. The van der Waals surface area contributed by atoms with Crippen molar-refractivity contribution >= 4 is 5.91 Å². The largest absolute Gasteiger partial charge is 0.394 e. The van der Waals surface area contributed by atoms with Crippen LogP contribution in [0.4, 0.5) is 0 Å². The van der Waals surface area contributed by atoms with Crippen LogP contribution in [0.1, 0.15) is 232 Å². The molecule has 2 aliphatic rings. The predicted octanol–water partition coefficient (Wildman–Crippen LogP) is 8.33. The Balaban J connectivity index is 1.73. The Bertz CT molecular complexity index is 1200. The lowest BCUT2D eigenvalue weighted by Crippen LogP contribution is -2.65. The van der Waals surface area contributed by atoms with Gasteiger partial charge in [-0.2, -0.15) is 0 Å². The van der Waals surface area contributed by atoms with Gasteiger partial charge < -0.3 is 65.1 Å². The van der Waals surface area contributed by atoms with Gasteiger partial charge in [-0.1, -0.05) is 199 Å². The second kappa shape index (κ2) is 41.2. The SMILES string of the molecule is CCCCCCCCCC/C=C\CCCCCCCCCCCCCC(=O)NC(COC1OC(CO)C(OC2OC(CO)C(O)C(O)C2O)C(O)C1O)C(O)CCCCCCCCCCCCC. The molecule has 2 rings (SSSR count). The molecule has 0 aliphatic carbocycles. The minimum Gasteiger partial charge on any atom is -0.394 e. The summed E-state index contributed by atoms with van der Waals surface area (Å²) in [7, 11) is 0. The van der Waals surface area contributed by atoms with E-state index in [-0.39, 0.29) is 12.5 Å². The summed E-state index contributed by atoms with van der Waals surface area (Å²) >= 11 is 0. The van der Waals surface area contributed by atoms with Crippen LogP contribution in [-0.4, -0.2) is 140 Å². The number of hydrogen-bond donors (Lipinski definition) is 9. The lowest BCUT2D eigenvalue weighted by molar-refractivity contribution is -0.359. The molecule has 14 heteroatoms. The summed E-state index contributed by atoms with van der Waals surface area (Å²) in [6, 6.07) is -0.824. The van der Waals surface area contributed by atoms with Crippen molar-refractivity contribution in [3.05, 3.63) is 12.2 Å². The number of unbranched alkanes of at least 4 members (excludes halogenated alkanes) is 29. The molecular weight excluding hydrogens is 871 g/mol. The molecule has 0 saturated carbocycles. The molecule has 9 N–H and O–H groups in total. The van der Waals surface area contributed by atoms with E-state index in [1.54, 1.807) is 0 Å². The van der Waals surface area contributed by atoms with E-state index in [9.17, 15) is 45.6 Å². The number of aliphatic hydroxyl groups excluding tert-OH is 8. The Hall–Kier alpha value is -1.27. The highest BCUT2D eigenvalue weighted by Crippen LogP contribution is 2.30. The van der Waals surface area contributed by atoms with Crippen molar-refractivity contribution in [1.29, 1.82) is 0 Å². The maximum atomic E-state index is 13.2. The van der Waals surface area contributed by atoms with Crippen LogP contribution in [0.3, 0.4) is 0 Å². The van der Waals surface area contributed by atoms with Gasteiger partial charge in [-0.25, -0.2) is 0 Å². The van der Waals surface area contributed by atoms with E-state index in [1.807, 2.05) is 0 Å². The van der Waals surface area contributed by atoms with Crippen LogP contribution < -0.4 is 5.32 Å². The zero-order valence-electron chi connectivity index (χ0n) is 42.9. The average Bonchev–Trinajstić information content (AvgIpc) is 3.34. The fourth-order valence-electron chi connectivity index (χ4n) is 9.41. The Labute approximate surface area is 412 Å². The lowest BCUT2D eigenvalue weighted by Gasteiger charge is -2.46. The molecule has 1 amide bonds. The van der Waals surface area contributed by atoms with Gasteiger partial charge in [0.05, 0.1) is 32.0 Å². The molecule has 0 bridgehead atoms. The quantitative estimate of drug-likeness (QED) is 0.0207. The summed E-state index contributed by atoms with van der Waals surface area (Å²) < 4.78 is 22.8. The monoisotopic (exact) mass is 974 g/mol. The van der Waals surface area contributed by atoms with Gasteiger partial charge in [0, 0.05) is 6.42 Å². The van der Waals surface area contributed by atoms with Crippen LogP contribution in [0.5, 0.6) is 0 Å². The first-order chi connectivity index (χ1) is 33.1. The molecule has 0 aromatic rings. The molecule has 12 unspecified atom stereocenters. The van der Waals surface area contributed by atoms with Crippen LogP contribution in [0.2, 0.25) is 0 Å². The van der Waals surface area contributed by atoms with Gasteiger partial charge >= 0.3 is 0 Å². The van der Waals surface area contributed by atoms with Crippen molar-refractivity contribution in [3.8, 4) is 0 Å². The molecule has 12 atom stereocenters. The van der Waals surface area contributed by atoms with Crippen molar-refractivity contribution < 1.29 is 64.6 Å². The standard InChI is InChI=1S/C54H103NO13/c1-3-5-7-9-11-13-15-16-17-18-19-20-21-22-23-24-25-26-28-30-32-34-36-38-46(59)55-42(43(58)37-35-33-31-29-27-14-12-10-8-6-4-2)41-65-53-51(64)49(62)52(45(40-57)67-53)68-54-50(63)48(61)47(60)44(39-56)66-54/h18-19,42-45,47-54,56-58,60-64H,3-17,20-41H2,1-2H3,(H,55,59)/b19-18-. The summed E-state index contributed by atoms with van der Waals surface area (Å²) in [5, 5.41) is 86.9. The Morgan fingerprint density at radius 3 is 1.40 bits per heavy atom. The number of hydrogen-bond acceptors (Lipinski definition) is 13. The molecule has 14 nitrogen and oxygen atoms in total. The predicted molar refractivity (Wildman–Crippen MR) is 268 cm³/mol. The number of carbonyl (C=O) groups excluding carboxylic acids is 1. The number of aliphatic hydroxyl groups is 8. The summed E-state index contributed by atoms with van der Waals surface area (Å²) in [6.45, 7) is 2.85. The molecule has 402 valence electrons. The van der Waals surface area contributed by atoms with Crippen molar-refractivity contribution in [2.45, 2.75) is 306 Å². The van der Waals surface area contributed by atoms with E-state index in [4.69, 9.17) is 18.9 Å². The van der Waals surface area contributed by atoms with Gasteiger partial charge in [0.1, 0.15) is 48.8 Å². The molecule has 2 heterocycles. The maximum Gasteiger partial charge on any atom is 0.220 e. The van der Waals surface area contributed by atoms with Crippen molar-refractivity contribution in [1.82, 2.24) is 5.32 Å². The molecule has 0 spiro atoms. The number of rotatable bonds is 44. The summed E-state index contributed by atoms with van der Waals surface area (Å²) in [5.74, 6) is -0.207. The number of carbonyl (C=O) groups is 1. The molecule has 2 aliphatic heterocycles. The zero-order chi connectivity index (χ0) is 49.6. The van der Waals surface area contributed by atoms with E-state index < -0.39 is 86.8 Å². The topological polar surface area (TPSA) is 228 Å². The molecule has 0 aromatic carbocycles. The van der Waals surface area contributed by atoms with Gasteiger partial charge in [0.25, 0.3) is 0 Å². The van der Waals surface area contributed by atoms with Crippen LogP contribution in [0, 0.1) is 0 Å². The summed E-state index contributed by atoms with van der Waals surface area (Å²) in [6.07, 6.45) is 27.9. The second-order valence-electron chi connectivity index (χ2n) is 20.1. The molecular formula is C54H103NO13. The second-order valence-corrected chi connectivity index (χ2v) is 20.1. The van der Waals surface area contributed by atoms with Gasteiger partial charge in [-0.15, -0.1) is 0 Å². The maximum absolute atomic E-state index is 13.2. The minimum absolute atomic E-state index is 0.207. The van der Waals surface area contributed by atoms with E-state index >= 15 is 0 Å². The Morgan fingerprint density at radius 2 is 0.926 bits per heavy atom. The van der Waals surface area contributed by atoms with Crippen LogP contribution in [0.15, 0.2) is 12.2 Å². The van der Waals surface area contributed by atoms with Crippen molar-refractivity contribution in [3.63, 3.8) is 0 Å². The van der Waals surface area contributed by atoms with Crippen LogP contribution in [-0.2, 0) is 23.7 Å². The molecule has 68 heavy (non-hydrogen) atoms. The van der Waals surface area contributed by atoms with Gasteiger partial charge in [0.15, 0.2) is 12.6 Å². The molecule has 2 saturated heterocycles. The highest BCUT2D eigenvalue weighted by Gasteiger charge is 2.51. The molecule has 0 radical (unpaired) electrons. The Kier molecular flexibility index (Phi) is 38.1. The fraction of sp³-hybridized carbons (Fsp3) is 0.944. The molecule has 2 fully saturated rings. The Morgan fingerprint density at radius 1 is 0.515 bits per heavy atom. The normalized spacial score (nSPS) is 26.4. The zero-order valence-corrected chi connectivity index (χ0v) is 42.9. The van der Waals surface area contributed by atoms with E-state index in [2.05, 4.69) is 31.3 Å². The fourth-order valence-corrected chi connectivity index (χ4v) is 9.41. The van der Waals surface area contributed by atoms with Crippen LogP contribution in [0.25, 0.3) is 0 Å². The highest BCUT2D eigenvalue weighted by molar-refractivity contribution is 5.76. The van der Waals surface area contributed by atoms with Gasteiger partial charge in [-0.3, -0.25) is 4.79 Å². The van der Waals surface area contributed by atoms with Crippen molar-refractivity contribution in [2.75, 3.05) is 19.8 Å². The highest BCUT2D eigenvalue weighted by atomic mass is 16.7. The van der Waals surface area contributed by atoms with Crippen molar-refractivity contribution in [2.24, 2.45) is 0 Å². The first-order valence-corrected chi connectivity index (χ1v) is 27.9. The third-order valence-corrected chi connectivity index (χ3v) is 14.0. The molecule has 0 aromatic heterocycles. The van der Waals surface area contributed by atoms with Gasteiger partial charge in [-0.05, 0) is 38.5 Å². The summed E-state index contributed by atoms with van der Waals surface area (Å²) in [5.41, 5.74) is 0. The van der Waals surface area contributed by atoms with E-state index in [1.165, 1.54) is 154 Å². The number of amides is 1. The van der Waals surface area contributed by atoms with Crippen LogP contribution >= 0.6 is 0 Å². The third-order valence-electron chi connectivity index (χ3n) is 14.0. The number of allylic oxidation sites excluding steroid dienone is 2. The number of ether oxygens (including phenoxy) is 4. The van der Waals surface area contributed by atoms with Gasteiger partial charge in [0.2, 0.25) is 5.91 Å². The lowest BCUT2D eigenvalue weighted by atomic mass is 9.97. The van der Waals surface area contributed by atoms with E-state index in [0.29, 0.717) is 12.8 Å². The first-order valence-electron chi connectivity index (χ1n) is 27.9.